The molecule has 98 valence electrons. The van der Waals surface area contributed by atoms with Gasteiger partial charge in [0.05, 0.1) is 11.7 Å². The number of anilines is 1. The van der Waals surface area contributed by atoms with Gasteiger partial charge < -0.3 is 10.1 Å². The van der Waals surface area contributed by atoms with E-state index in [1.165, 1.54) is 5.56 Å². The summed E-state index contributed by atoms with van der Waals surface area (Å²) in [6.07, 6.45) is 1.03. The van der Waals surface area contributed by atoms with Crippen LogP contribution in [0.15, 0.2) is 48.5 Å². The van der Waals surface area contributed by atoms with Crippen molar-refractivity contribution in [3.05, 3.63) is 59.1 Å². The van der Waals surface area contributed by atoms with E-state index in [0.717, 1.165) is 17.9 Å². The molecule has 1 aliphatic rings. The minimum atomic E-state index is 0.0252. The maximum absolute atomic E-state index is 6.16. The minimum absolute atomic E-state index is 0.0252. The molecule has 2 nitrogen and oxygen atoms in total. The number of benzene rings is 2. The smallest absolute Gasteiger partial charge is 0.144 e. The molecule has 0 spiro atoms. The van der Waals surface area contributed by atoms with Crippen LogP contribution in [0.1, 0.15) is 25.0 Å². The molecule has 2 unspecified atom stereocenters. The van der Waals surface area contributed by atoms with Crippen LogP contribution in [0.4, 0.5) is 5.69 Å². The molecule has 3 heteroatoms. The summed E-state index contributed by atoms with van der Waals surface area (Å²) in [4.78, 5) is 0. The number of nitrogens with one attached hydrogen (secondary N) is 1. The zero-order valence-electron chi connectivity index (χ0n) is 10.8. The van der Waals surface area contributed by atoms with Crippen molar-refractivity contribution in [1.29, 1.82) is 0 Å². The molecule has 1 aliphatic heterocycles. The Kier molecular flexibility index (Phi) is 3.34. The second kappa shape index (κ2) is 5.14. The van der Waals surface area contributed by atoms with E-state index in [1.807, 2.05) is 36.4 Å². The predicted octanol–water partition coefficient (Wildman–Crippen LogP) is 4.66. The van der Waals surface area contributed by atoms with Crippen molar-refractivity contribution in [1.82, 2.24) is 0 Å². The zero-order chi connectivity index (χ0) is 13.2. The molecule has 0 fully saturated rings. The highest BCUT2D eigenvalue weighted by atomic mass is 35.5. The number of hydrogen-bond donors (Lipinski definition) is 1. The quantitative estimate of drug-likeness (QED) is 0.859. The Morgan fingerprint density at radius 1 is 1.16 bits per heavy atom. The second-order valence-electron chi connectivity index (χ2n) is 4.75. The van der Waals surface area contributed by atoms with Crippen LogP contribution in [-0.4, -0.2) is 6.04 Å². The summed E-state index contributed by atoms with van der Waals surface area (Å²) < 4.78 is 6.16. The van der Waals surface area contributed by atoms with Gasteiger partial charge in [0.1, 0.15) is 11.9 Å². The molecule has 1 heterocycles. The van der Waals surface area contributed by atoms with E-state index in [0.29, 0.717) is 5.02 Å². The Labute approximate surface area is 118 Å². The molecule has 0 bridgehead atoms. The van der Waals surface area contributed by atoms with Gasteiger partial charge in [-0.2, -0.15) is 0 Å². The molecular weight excluding hydrogens is 258 g/mol. The molecule has 0 saturated heterocycles. The first-order valence-corrected chi connectivity index (χ1v) is 6.93. The van der Waals surface area contributed by atoms with E-state index >= 15 is 0 Å². The molecule has 0 radical (unpaired) electrons. The van der Waals surface area contributed by atoms with Gasteiger partial charge >= 0.3 is 0 Å². The molecule has 0 aromatic heterocycles. The van der Waals surface area contributed by atoms with Crippen LogP contribution >= 0.6 is 11.6 Å². The number of hydrogen-bond acceptors (Lipinski definition) is 2. The average molecular weight is 274 g/mol. The van der Waals surface area contributed by atoms with E-state index in [-0.39, 0.29) is 12.1 Å². The van der Waals surface area contributed by atoms with Gasteiger partial charge in [-0.05, 0) is 24.1 Å². The molecule has 0 saturated carbocycles. The van der Waals surface area contributed by atoms with Crippen LogP contribution in [0.25, 0.3) is 0 Å². The van der Waals surface area contributed by atoms with E-state index in [9.17, 15) is 0 Å². The molecule has 2 aromatic rings. The highest BCUT2D eigenvalue weighted by molar-refractivity contribution is 6.30. The first-order chi connectivity index (χ1) is 9.28. The van der Waals surface area contributed by atoms with Gasteiger partial charge in [0.25, 0.3) is 0 Å². The molecule has 0 amide bonds. The summed E-state index contributed by atoms with van der Waals surface area (Å²) >= 11 is 6.03. The van der Waals surface area contributed by atoms with Crippen molar-refractivity contribution in [2.75, 3.05) is 5.32 Å². The van der Waals surface area contributed by atoms with E-state index in [2.05, 4.69) is 24.4 Å². The number of ether oxygens (including phenoxy) is 1. The van der Waals surface area contributed by atoms with Crippen LogP contribution in [0.2, 0.25) is 5.02 Å². The summed E-state index contributed by atoms with van der Waals surface area (Å²) in [6, 6.07) is 16.3. The fourth-order valence-electron chi connectivity index (χ4n) is 2.47. The van der Waals surface area contributed by atoms with Crippen molar-refractivity contribution in [2.24, 2.45) is 0 Å². The number of rotatable bonds is 2. The van der Waals surface area contributed by atoms with Crippen LogP contribution < -0.4 is 10.1 Å². The van der Waals surface area contributed by atoms with Crippen LogP contribution in [-0.2, 0) is 0 Å². The average Bonchev–Trinajstić information content (AvgIpc) is 2.46. The lowest BCUT2D eigenvalue weighted by atomic mass is 9.98. The number of fused-ring (bicyclic) bond motifs is 1. The Morgan fingerprint density at radius 3 is 2.68 bits per heavy atom. The predicted molar refractivity (Wildman–Crippen MR) is 79.0 cm³/mol. The van der Waals surface area contributed by atoms with Crippen molar-refractivity contribution in [3.8, 4) is 5.75 Å². The maximum atomic E-state index is 6.16. The normalized spacial score (nSPS) is 21.2. The number of halogens is 1. The summed E-state index contributed by atoms with van der Waals surface area (Å²) in [6.45, 7) is 2.16. The first kappa shape index (κ1) is 12.4. The Morgan fingerprint density at radius 2 is 1.95 bits per heavy atom. The molecular formula is C16H16ClNO. The highest BCUT2D eigenvalue weighted by Gasteiger charge is 2.29. The molecule has 3 rings (SSSR count). The van der Waals surface area contributed by atoms with E-state index in [1.54, 1.807) is 0 Å². The maximum Gasteiger partial charge on any atom is 0.144 e. The topological polar surface area (TPSA) is 21.3 Å². The third kappa shape index (κ3) is 2.41. The van der Waals surface area contributed by atoms with E-state index in [4.69, 9.17) is 16.3 Å². The lowest BCUT2D eigenvalue weighted by Crippen LogP contribution is -2.34. The minimum Gasteiger partial charge on any atom is -0.481 e. The fourth-order valence-corrected chi connectivity index (χ4v) is 2.63. The fraction of sp³-hybridized carbons (Fsp3) is 0.250. The van der Waals surface area contributed by atoms with E-state index < -0.39 is 0 Å². The summed E-state index contributed by atoms with van der Waals surface area (Å²) in [5.74, 6) is 0.825. The molecule has 0 aliphatic carbocycles. The first-order valence-electron chi connectivity index (χ1n) is 6.55. The van der Waals surface area contributed by atoms with Crippen LogP contribution in [0.5, 0.6) is 5.75 Å². The third-order valence-corrected chi connectivity index (χ3v) is 3.71. The SMILES string of the molecule is CCC1Nc2ccc(Cl)cc2OC1c1ccccc1. The van der Waals surface area contributed by atoms with Crippen molar-refractivity contribution in [2.45, 2.75) is 25.5 Å². The summed E-state index contributed by atoms with van der Waals surface area (Å²) in [7, 11) is 0. The largest absolute Gasteiger partial charge is 0.481 e. The van der Waals surface area contributed by atoms with Crippen LogP contribution in [0.3, 0.4) is 0 Å². The Balaban J connectivity index is 1.97. The molecule has 2 atom stereocenters. The lowest BCUT2D eigenvalue weighted by molar-refractivity contribution is 0.168. The van der Waals surface area contributed by atoms with Gasteiger partial charge in [0.15, 0.2) is 0 Å². The van der Waals surface area contributed by atoms with Gasteiger partial charge in [-0.15, -0.1) is 0 Å². The second-order valence-corrected chi connectivity index (χ2v) is 5.19. The van der Waals surface area contributed by atoms with Gasteiger partial charge in [-0.3, -0.25) is 0 Å². The van der Waals surface area contributed by atoms with Gasteiger partial charge in [0.2, 0.25) is 0 Å². The summed E-state index contributed by atoms with van der Waals surface area (Å²) in [5, 5.41) is 4.24. The molecule has 2 aromatic carbocycles. The lowest BCUT2D eigenvalue weighted by Gasteiger charge is -2.35. The standard InChI is InChI=1S/C16H16ClNO/c1-2-13-16(11-6-4-3-5-7-11)19-15-10-12(17)8-9-14(15)18-13/h3-10,13,16,18H,2H2,1H3. The Bertz CT molecular complexity index is 570. The highest BCUT2D eigenvalue weighted by Crippen LogP contribution is 2.39. The van der Waals surface area contributed by atoms with Gasteiger partial charge in [-0.1, -0.05) is 48.9 Å². The van der Waals surface area contributed by atoms with Gasteiger partial charge in [0, 0.05) is 11.1 Å². The summed E-state index contributed by atoms with van der Waals surface area (Å²) in [5.41, 5.74) is 2.20. The van der Waals surface area contributed by atoms with Crippen LogP contribution in [0, 0.1) is 0 Å². The molecule has 19 heavy (non-hydrogen) atoms. The zero-order valence-corrected chi connectivity index (χ0v) is 11.5. The Hall–Kier alpha value is -1.67. The third-order valence-electron chi connectivity index (χ3n) is 3.47. The van der Waals surface area contributed by atoms with Crippen molar-refractivity contribution < 1.29 is 4.74 Å². The monoisotopic (exact) mass is 273 g/mol. The van der Waals surface area contributed by atoms with Gasteiger partial charge in [-0.25, -0.2) is 0 Å². The molecule has 1 N–H and O–H groups in total. The van der Waals surface area contributed by atoms with Crippen molar-refractivity contribution in [3.63, 3.8) is 0 Å². The van der Waals surface area contributed by atoms with Crippen molar-refractivity contribution >= 4 is 17.3 Å².